The molecule has 0 aliphatic carbocycles. The van der Waals surface area contributed by atoms with Crippen LogP contribution in [0.4, 0.5) is 0 Å². The molecule has 0 aromatic heterocycles. The second kappa shape index (κ2) is 11.7. The first kappa shape index (κ1) is 25.9. The molecule has 8 heteroatoms. The molecule has 1 rings (SSSR count). The van der Waals surface area contributed by atoms with Crippen molar-refractivity contribution >= 4 is 39.8 Å². The molecule has 156 valence electrons. The smallest absolute Gasteiger partial charge is 0.193 e. The molecule has 0 aromatic rings. The van der Waals surface area contributed by atoms with E-state index in [-0.39, 0.29) is 35.1 Å². The summed E-state index contributed by atoms with van der Waals surface area (Å²) in [7, 11) is -1.09. The molecule has 1 heterocycles. The normalized spacial score (nSPS) is 19.0. The molecule has 0 aromatic carbocycles. The molecule has 1 N–H and O–H groups in total. The summed E-state index contributed by atoms with van der Waals surface area (Å²) in [5, 5.41) is 3.46. The number of rotatable bonds is 9. The van der Waals surface area contributed by atoms with E-state index in [0.717, 1.165) is 45.2 Å². The summed E-state index contributed by atoms with van der Waals surface area (Å²) in [6, 6.07) is 0. The van der Waals surface area contributed by atoms with Crippen molar-refractivity contribution in [2.45, 2.75) is 40.5 Å². The maximum atomic E-state index is 11.4. The van der Waals surface area contributed by atoms with E-state index in [9.17, 15) is 8.42 Å². The Morgan fingerprint density at radius 2 is 1.92 bits per heavy atom. The van der Waals surface area contributed by atoms with Gasteiger partial charge in [0.15, 0.2) is 5.96 Å². The third kappa shape index (κ3) is 9.73. The van der Waals surface area contributed by atoms with E-state index in [1.807, 2.05) is 7.05 Å². The molecule has 1 unspecified atom stereocenters. The van der Waals surface area contributed by atoms with Crippen molar-refractivity contribution in [3.05, 3.63) is 0 Å². The highest BCUT2D eigenvalue weighted by molar-refractivity contribution is 14.0. The van der Waals surface area contributed by atoms with Gasteiger partial charge in [0.25, 0.3) is 0 Å². The minimum atomic E-state index is -2.91. The fourth-order valence-electron chi connectivity index (χ4n) is 3.22. The Labute approximate surface area is 178 Å². The van der Waals surface area contributed by atoms with Crippen LogP contribution in [0.25, 0.3) is 0 Å². The van der Waals surface area contributed by atoms with Gasteiger partial charge in [-0.15, -0.1) is 24.0 Å². The van der Waals surface area contributed by atoms with Gasteiger partial charge in [-0.3, -0.25) is 4.99 Å². The van der Waals surface area contributed by atoms with Crippen LogP contribution >= 0.6 is 24.0 Å². The lowest BCUT2D eigenvalue weighted by Crippen LogP contribution is -2.44. The molecule has 0 bridgehead atoms. The zero-order valence-corrected chi connectivity index (χ0v) is 20.6. The Morgan fingerprint density at radius 3 is 2.42 bits per heavy atom. The van der Waals surface area contributed by atoms with Gasteiger partial charge in [-0.05, 0) is 37.3 Å². The van der Waals surface area contributed by atoms with E-state index >= 15 is 0 Å². The molecular weight excluding hydrogens is 463 g/mol. The lowest BCUT2D eigenvalue weighted by atomic mass is 9.90. The van der Waals surface area contributed by atoms with E-state index in [1.165, 1.54) is 12.7 Å². The molecule has 0 saturated carbocycles. The van der Waals surface area contributed by atoms with Gasteiger partial charge in [0.2, 0.25) is 0 Å². The van der Waals surface area contributed by atoms with Crippen molar-refractivity contribution in [1.82, 2.24) is 15.1 Å². The van der Waals surface area contributed by atoms with E-state index in [2.05, 4.69) is 47.8 Å². The van der Waals surface area contributed by atoms with Crippen molar-refractivity contribution in [1.29, 1.82) is 0 Å². The molecule has 1 fully saturated rings. The summed E-state index contributed by atoms with van der Waals surface area (Å²) < 4.78 is 22.8. The van der Waals surface area contributed by atoms with Crippen LogP contribution in [0, 0.1) is 11.3 Å². The standard InChI is InChI=1S/C18H38N4O2S.HI/c1-7-21(8-2)13-16-9-11-22(14-16)17(19-5)20-15-18(3,4)10-12-25(6,23)24;/h16H,7-15H2,1-6H3,(H,19,20);1H. The zero-order valence-electron chi connectivity index (χ0n) is 17.4. The summed E-state index contributed by atoms with van der Waals surface area (Å²) >= 11 is 0. The van der Waals surface area contributed by atoms with Gasteiger partial charge in [-0.1, -0.05) is 27.7 Å². The Balaban J connectivity index is 0.00000625. The van der Waals surface area contributed by atoms with Gasteiger partial charge in [-0.25, -0.2) is 8.42 Å². The first-order chi connectivity index (χ1) is 11.6. The highest BCUT2D eigenvalue weighted by Crippen LogP contribution is 2.21. The van der Waals surface area contributed by atoms with E-state index in [1.54, 1.807) is 0 Å². The Morgan fingerprint density at radius 1 is 1.31 bits per heavy atom. The van der Waals surface area contributed by atoms with Crippen LogP contribution in [-0.2, 0) is 9.84 Å². The number of sulfone groups is 1. The topological polar surface area (TPSA) is 65.0 Å². The monoisotopic (exact) mass is 502 g/mol. The lowest BCUT2D eigenvalue weighted by molar-refractivity contribution is 0.255. The van der Waals surface area contributed by atoms with E-state index in [0.29, 0.717) is 12.3 Å². The highest BCUT2D eigenvalue weighted by Gasteiger charge is 2.27. The van der Waals surface area contributed by atoms with Crippen molar-refractivity contribution in [2.75, 3.05) is 58.3 Å². The van der Waals surface area contributed by atoms with Crippen LogP contribution in [0.1, 0.15) is 40.5 Å². The number of hydrogen-bond donors (Lipinski definition) is 1. The molecule has 0 amide bonds. The minimum absolute atomic E-state index is 0. The Hall–Kier alpha value is -0.0900. The maximum absolute atomic E-state index is 11.4. The number of hydrogen-bond acceptors (Lipinski definition) is 4. The quantitative estimate of drug-likeness (QED) is 0.298. The van der Waals surface area contributed by atoms with Gasteiger partial charge < -0.3 is 15.1 Å². The molecular formula is C18H39IN4O2S. The Bertz CT molecular complexity index is 533. The molecule has 1 atom stereocenters. The van der Waals surface area contributed by atoms with Crippen molar-refractivity contribution in [2.24, 2.45) is 16.3 Å². The van der Waals surface area contributed by atoms with Crippen LogP contribution in [0.3, 0.4) is 0 Å². The number of guanidine groups is 1. The number of nitrogens with zero attached hydrogens (tertiary/aromatic N) is 3. The third-order valence-corrected chi connectivity index (χ3v) is 6.03. The molecule has 1 aliphatic heterocycles. The summed E-state index contributed by atoms with van der Waals surface area (Å²) in [4.78, 5) is 9.25. The average molecular weight is 503 g/mol. The molecule has 1 saturated heterocycles. The summed E-state index contributed by atoms with van der Waals surface area (Å²) in [5.74, 6) is 1.86. The van der Waals surface area contributed by atoms with Crippen LogP contribution in [0.2, 0.25) is 0 Å². The summed E-state index contributed by atoms with van der Waals surface area (Å²) in [5.41, 5.74) is -0.0840. The molecule has 0 spiro atoms. The van der Waals surface area contributed by atoms with Crippen LogP contribution in [0.15, 0.2) is 4.99 Å². The molecule has 0 radical (unpaired) electrons. The molecule has 6 nitrogen and oxygen atoms in total. The number of halogens is 1. The first-order valence-electron chi connectivity index (χ1n) is 9.46. The number of likely N-dealkylation sites (tertiary alicyclic amines) is 1. The lowest BCUT2D eigenvalue weighted by Gasteiger charge is -2.29. The Kier molecular flexibility index (Phi) is 11.6. The fourth-order valence-corrected chi connectivity index (χ4v) is 4.15. The maximum Gasteiger partial charge on any atom is 0.193 e. The van der Waals surface area contributed by atoms with Gasteiger partial charge >= 0.3 is 0 Å². The van der Waals surface area contributed by atoms with E-state index < -0.39 is 9.84 Å². The SMILES string of the molecule is CCN(CC)CC1CCN(C(=NC)NCC(C)(C)CCS(C)(=O)=O)C1.I. The predicted octanol–water partition coefficient (Wildman–Crippen LogP) is 2.30. The fraction of sp³-hybridized carbons (Fsp3) is 0.944. The van der Waals surface area contributed by atoms with Crippen molar-refractivity contribution in [3.63, 3.8) is 0 Å². The number of aliphatic imine (C=N–C) groups is 1. The van der Waals surface area contributed by atoms with Crippen molar-refractivity contribution < 1.29 is 8.42 Å². The molecule has 1 aliphatic rings. The van der Waals surface area contributed by atoms with E-state index in [4.69, 9.17) is 0 Å². The van der Waals surface area contributed by atoms with Crippen LogP contribution in [-0.4, -0.2) is 82.5 Å². The minimum Gasteiger partial charge on any atom is -0.356 e. The second-order valence-electron chi connectivity index (χ2n) is 8.03. The second-order valence-corrected chi connectivity index (χ2v) is 10.3. The van der Waals surface area contributed by atoms with Gasteiger partial charge in [0.1, 0.15) is 9.84 Å². The zero-order chi connectivity index (χ0) is 19.1. The summed E-state index contributed by atoms with van der Waals surface area (Å²) in [6.45, 7) is 14.8. The van der Waals surface area contributed by atoms with Gasteiger partial charge in [0, 0.05) is 39.5 Å². The van der Waals surface area contributed by atoms with Gasteiger partial charge in [0.05, 0.1) is 5.75 Å². The van der Waals surface area contributed by atoms with Crippen LogP contribution < -0.4 is 5.32 Å². The van der Waals surface area contributed by atoms with Crippen molar-refractivity contribution in [3.8, 4) is 0 Å². The first-order valence-corrected chi connectivity index (χ1v) is 11.5. The average Bonchev–Trinajstić information content (AvgIpc) is 2.99. The summed E-state index contributed by atoms with van der Waals surface area (Å²) in [6.07, 6.45) is 3.16. The predicted molar refractivity (Wildman–Crippen MR) is 122 cm³/mol. The van der Waals surface area contributed by atoms with Gasteiger partial charge in [-0.2, -0.15) is 0 Å². The third-order valence-electron chi connectivity index (χ3n) is 5.08. The largest absolute Gasteiger partial charge is 0.356 e. The van der Waals surface area contributed by atoms with Crippen LogP contribution in [0.5, 0.6) is 0 Å². The molecule has 26 heavy (non-hydrogen) atoms. The highest BCUT2D eigenvalue weighted by atomic mass is 127. The number of nitrogens with one attached hydrogen (secondary N) is 1.